The van der Waals surface area contributed by atoms with Crippen molar-refractivity contribution in [2.24, 2.45) is 5.73 Å². The number of nitrogens with two attached hydrogens (primary N) is 1. The Labute approximate surface area is 50.4 Å². The van der Waals surface area contributed by atoms with E-state index in [2.05, 4.69) is 12.2 Å². The Bertz CT molecular complexity index is 72.9. The third kappa shape index (κ3) is 1.20. The van der Waals surface area contributed by atoms with E-state index in [0.717, 1.165) is 13.0 Å². The molecular weight excluding hydrogens is 100 g/mol. The molecule has 0 saturated carbocycles. The van der Waals surface area contributed by atoms with Crippen molar-refractivity contribution < 1.29 is 0 Å². The zero-order chi connectivity index (χ0) is 5.98. The molecule has 0 amide bonds. The minimum Gasteiger partial charge on any atom is -0.326 e. The molecule has 0 radical (unpaired) electrons. The van der Waals surface area contributed by atoms with E-state index >= 15 is 0 Å². The molecule has 3 N–H and O–H groups in total. The Kier molecular flexibility index (Phi) is 1.86. The average Bonchev–Trinajstić information content (AvgIpc) is 2.14. The van der Waals surface area contributed by atoms with Crippen molar-refractivity contribution in [3.05, 3.63) is 0 Å². The molecule has 1 rings (SSSR count). The summed E-state index contributed by atoms with van der Waals surface area (Å²) in [5.41, 5.74) is 5.64. The molecule has 0 unspecified atom stereocenters. The Morgan fingerprint density at radius 1 is 1.75 bits per heavy atom. The van der Waals surface area contributed by atoms with Crippen LogP contribution in [0.1, 0.15) is 19.8 Å². The van der Waals surface area contributed by atoms with E-state index < -0.39 is 0 Å². The fourth-order valence-corrected chi connectivity index (χ4v) is 1.16. The standard InChI is InChI=1S/C6H14N2/c1-2-6-3-5(7)4-8-6/h5-6,8H,2-4,7H2,1H3/t5-,6-/m1/s1. The molecule has 1 aliphatic heterocycles. The first-order valence-corrected chi connectivity index (χ1v) is 3.32. The highest BCUT2D eigenvalue weighted by Crippen LogP contribution is 2.06. The number of nitrogens with one attached hydrogen (secondary N) is 1. The average molecular weight is 114 g/mol. The van der Waals surface area contributed by atoms with E-state index in [-0.39, 0.29) is 0 Å². The van der Waals surface area contributed by atoms with Crippen LogP contribution in [0, 0.1) is 0 Å². The van der Waals surface area contributed by atoms with E-state index in [4.69, 9.17) is 5.73 Å². The van der Waals surface area contributed by atoms with Gasteiger partial charge < -0.3 is 11.1 Å². The molecule has 2 nitrogen and oxygen atoms in total. The molecule has 1 saturated heterocycles. The van der Waals surface area contributed by atoms with Gasteiger partial charge in [-0.05, 0) is 12.8 Å². The van der Waals surface area contributed by atoms with E-state index in [1.165, 1.54) is 6.42 Å². The van der Waals surface area contributed by atoms with Gasteiger partial charge in [0.05, 0.1) is 0 Å². The Balaban J connectivity index is 2.22. The molecule has 2 atom stereocenters. The van der Waals surface area contributed by atoms with Crippen LogP contribution in [0.4, 0.5) is 0 Å². The number of hydrogen-bond acceptors (Lipinski definition) is 2. The predicted octanol–water partition coefficient (Wildman–Crippen LogP) is 0.0856. The van der Waals surface area contributed by atoms with Gasteiger partial charge in [0.2, 0.25) is 0 Å². The van der Waals surface area contributed by atoms with Crippen LogP contribution in [-0.2, 0) is 0 Å². The van der Waals surface area contributed by atoms with E-state index in [0.29, 0.717) is 12.1 Å². The summed E-state index contributed by atoms with van der Waals surface area (Å²) in [6, 6.07) is 1.12. The Morgan fingerprint density at radius 3 is 2.75 bits per heavy atom. The molecule has 1 heterocycles. The lowest BCUT2D eigenvalue weighted by Crippen LogP contribution is -2.22. The molecule has 0 aliphatic carbocycles. The second kappa shape index (κ2) is 2.46. The van der Waals surface area contributed by atoms with Crippen molar-refractivity contribution in [1.29, 1.82) is 0 Å². The minimum atomic E-state index is 0.417. The molecule has 2 heteroatoms. The third-order valence-electron chi connectivity index (χ3n) is 1.75. The van der Waals surface area contributed by atoms with Crippen LogP contribution in [0.5, 0.6) is 0 Å². The van der Waals surface area contributed by atoms with Crippen LogP contribution in [0.25, 0.3) is 0 Å². The normalized spacial score (nSPS) is 38.2. The fourth-order valence-electron chi connectivity index (χ4n) is 1.16. The summed E-state index contributed by atoms with van der Waals surface area (Å²) in [6.45, 7) is 3.20. The molecule has 48 valence electrons. The topological polar surface area (TPSA) is 38.0 Å². The van der Waals surface area contributed by atoms with Crippen LogP contribution in [0.2, 0.25) is 0 Å². The van der Waals surface area contributed by atoms with Gasteiger partial charge in [0.25, 0.3) is 0 Å². The second-order valence-electron chi connectivity index (χ2n) is 2.51. The molecule has 0 aromatic carbocycles. The van der Waals surface area contributed by atoms with Gasteiger partial charge in [0, 0.05) is 18.6 Å². The monoisotopic (exact) mass is 114 g/mol. The Hall–Kier alpha value is -0.0800. The van der Waals surface area contributed by atoms with Gasteiger partial charge in [-0.2, -0.15) is 0 Å². The largest absolute Gasteiger partial charge is 0.326 e. The summed E-state index contributed by atoms with van der Waals surface area (Å²) in [7, 11) is 0. The molecule has 0 bridgehead atoms. The van der Waals surface area contributed by atoms with Crippen molar-refractivity contribution in [3.8, 4) is 0 Å². The van der Waals surface area contributed by atoms with Crippen LogP contribution >= 0.6 is 0 Å². The van der Waals surface area contributed by atoms with Gasteiger partial charge in [-0.3, -0.25) is 0 Å². The first-order valence-electron chi connectivity index (χ1n) is 3.32. The lowest BCUT2D eigenvalue weighted by atomic mass is 10.1. The van der Waals surface area contributed by atoms with E-state index in [1.54, 1.807) is 0 Å². The van der Waals surface area contributed by atoms with Crippen LogP contribution in [0.15, 0.2) is 0 Å². The van der Waals surface area contributed by atoms with Crippen LogP contribution < -0.4 is 11.1 Å². The Morgan fingerprint density at radius 2 is 2.50 bits per heavy atom. The number of hydrogen-bond donors (Lipinski definition) is 2. The number of rotatable bonds is 1. The molecule has 1 aliphatic rings. The molecule has 0 aromatic heterocycles. The van der Waals surface area contributed by atoms with Gasteiger partial charge in [0.15, 0.2) is 0 Å². The van der Waals surface area contributed by atoms with Crippen LogP contribution in [0.3, 0.4) is 0 Å². The zero-order valence-corrected chi connectivity index (χ0v) is 5.35. The molecule has 1 fully saturated rings. The summed E-state index contributed by atoms with van der Waals surface area (Å²) < 4.78 is 0. The van der Waals surface area contributed by atoms with Gasteiger partial charge in [-0.15, -0.1) is 0 Å². The summed E-state index contributed by atoms with van der Waals surface area (Å²) in [5.74, 6) is 0. The SMILES string of the molecule is CC[C@@H]1C[C@@H](N)CN1. The van der Waals surface area contributed by atoms with Gasteiger partial charge in [0.1, 0.15) is 0 Å². The maximum atomic E-state index is 5.64. The summed E-state index contributed by atoms with van der Waals surface area (Å²) >= 11 is 0. The fraction of sp³-hybridized carbons (Fsp3) is 1.00. The van der Waals surface area contributed by atoms with Crippen LogP contribution in [-0.4, -0.2) is 18.6 Å². The maximum absolute atomic E-state index is 5.64. The molecule has 8 heavy (non-hydrogen) atoms. The molecule has 0 spiro atoms. The van der Waals surface area contributed by atoms with E-state index in [9.17, 15) is 0 Å². The van der Waals surface area contributed by atoms with Crippen molar-refractivity contribution in [1.82, 2.24) is 5.32 Å². The smallest absolute Gasteiger partial charge is 0.0180 e. The highest BCUT2D eigenvalue weighted by molar-refractivity contribution is 4.82. The first kappa shape index (κ1) is 6.05. The van der Waals surface area contributed by atoms with Crippen molar-refractivity contribution >= 4 is 0 Å². The second-order valence-corrected chi connectivity index (χ2v) is 2.51. The minimum absolute atomic E-state index is 0.417. The summed E-state index contributed by atoms with van der Waals surface area (Å²) in [4.78, 5) is 0. The van der Waals surface area contributed by atoms with Gasteiger partial charge in [-0.1, -0.05) is 6.92 Å². The van der Waals surface area contributed by atoms with Crippen molar-refractivity contribution in [2.45, 2.75) is 31.8 Å². The predicted molar refractivity (Wildman–Crippen MR) is 34.7 cm³/mol. The summed E-state index contributed by atoms with van der Waals surface area (Å²) in [6.07, 6.45) is 2.38. The maximum Gasteiger partial charge on any atom is 0.0180 e. The van der Waals surface area contributed by atoms with Gasteiger partial charge >= 0.3 is 0 Å². The zero-order valence-electron chi connectivity index (χ0n) is 5.35. The van der Waals surface area contributed by atoms with Gasteiger partial charge in [-0.25, -0.2) is 0 Å². The lowest BCUT2D eigenvalue weighted by Gasteiger charge is -2.02. The molecule has 0 aromatic rings. The third-order valence-corrected chi connectivity index (χ3v) is 1.75. The lowest BCUT2D eigenvalue weighted by molar-refractivity contribution is 0.582. The molecular formula is C6H14N2. The van der Waals surface area contributed by atoms with Crippen molar-refractivity contribution in [2.75, 3.05) is 6.54 Å². The van der Waals surface area contributed by atoms with E-state index in [1.807, 2.05) is 0 Å². The highest BCUT2D eigenvalue weighted by Gasteiger charge is 2.17. The highest BCUT2D eigenvalue weighted by atomic mass is 15.0. The van der Waals surface area contributed by atoms with Crippen molar-refractivity contribution in [3.63, 3.8) is 0 Å². The summed E-state index contributed by atoms with van der Waals surface area (Å²) in [5, 5.41) is 3.33. The first-order chi connectivity index (χ1) is 3.83. The quantitative estimate of drug-likeness (QED) is 0.507.